The third-order valence-corrected chi connectivity index (χ3v) is 5.14. The van der Waals surface area contributed by atoms with E-state index in [0.29, 0.717) is 12.1 Å². The summed E-state index contributed by atoms with van der Waals surface area (Å²) >= 11 is 0. The molecule has 1 aliphatic rings. The SMILES string of the molecule is O=C(CN1CC=C(c2cnn(-c3ccc(F)cc3)c2)CC1)NCc1ccccc1F. The van der Waals surface area contributed by atoms with E-state index in [1.54, 1.807) is 41.2 Å². The third kappa shape index (κ3) is 4.80. The van der Waals surface area contributed by atoms with Crippen LogP contribution in [0.25, 0.3) is 11.3 Å². The van der Waals surface area contributed by atoms with Crippen LogP contribution in [0.1, 0.15) is 17.5 Å². The zero-order chi connectivity index (χ0) is 20.9. The van der Waals surface area contributed by atoms with Gasteiger partial charge in [0.1, 0.15) is 11.6 Å². The number of carbonyl (C=O) groups excluding carboxylic acids is 1. The highest BCUT2D eigenvalue weighted by Crippen LogP contribution is 2.23. The molecular formula is C23H22F2N4O. The highest BCUT2D eigenvalue weighted by molar-refractivity contribution is 5.78. The van der Waals surface area contributed by atoms with Crippen molar-refractivity contribution in [1.82, 2.24) is 20.0 Å². The first kappa shape index (κ1) is 20.0. The van der Waals surface area contributed by atoms with Gasteiger partial charge in [0.25, 0.3) is 0 Å². The van der Waals surface area contributed by atoms with Crippen molar-refractivity contribution in [2.24, 2.45) is 0 Å². The maximum absolute atomic E-state index is 13.6. The zero-order valence-electron chi connectivity index (χ0n) is 16.4. The molecule has 1 aliphatic heterocycles. The Labute approximate surface area is 173 Å². The van der Waals surface area contributed by atoms with Crippen molar-refractivity contribution in [3.8, 4) is 5.69 Å². The maximum atomic E-state index is 13.6. The molecule has 0 saturated heterocycles. The summed E-state index contributed by atoms with van der Waals surface area (Å²) in [5.74, 6) is -0.720. The molecule has 3 aromatic rings. The molecule has 4 rings (SSSR count). The highest BCUT2D eigenvalue weighted by Gasteiger charge is 2.17. The fourth-order valence-corrected chi connectivity index (χ4v) is 3.44. The molecule has 7 heteroatoms. The molecule has 154 valence electrons. The van der Waals surface area contributed by atoms with Gasteiger partial charge >= 0.3 is 0 Å². The van der Waals surface area contributed by atoms with Crippen LogP contribution in [0, 0.1) is 11.6 Å². The summed E-state index contributed by atoms with van der Waals surface area (Å²) in [6.45, 7) is 1.86. The minimum absolute atomic E-state index is 0.126. The first-order chi connectivity index (χ1) is 14.6. The van der Waals surface area contributed by atoms with E-state index in [-0.39, 0.29) is 30.6 Å². The van der Waals surface area contributed by atoms with Crippen LogP contribution in [0.3, 0.4) is 0 Å². The van der Waals surface area contributed by atoms with E-state index >= 15 is 0 Å². The highest BCUT2D eigenvalue weighted by atomic mass is 19.1. The van der Waals surface area contributed by atoms with Gasteiger partial charge in [0.05, 0.1) is 18.4 Å². The molecule has 1 N–H and O–H groups in total. The minimum Gasteiger partial charge on any atom is -0.351 e. The molecule has 0 aliphatic carbocycles. The number of hydrogen-bond donors (Lipinski definition) is 1. The number of halogens is 2. The summed E-state index contributed by atoms with van der Waals surface area (Å²) in [5, 5.41) is 7.14. The second-order valence-corrected chi connectivity index (χ2v) is 7.23. The Morgan fingerprint density at radius 3 is 2.63 bits per heavy atom. The Morgan fingerprint density at radius 1 is 1.10 bits per heavy atom. The van der Waals surface area contributed by atoms with Crippen molar-refractivity contribution in [3.63, 3.8) is 0 Å². The third-order valence-electron chi connectivity index (χ3n) is 5.14. The number of aromatic nitrogens is 2. The Kier molecular flexibility index (Phi) is 5.99. The predicted octanol–water partition coefficient (Wildman–Crippen LogP) is 3.56. The molecule has 1 aromatic heterocycles. The Hall–Kier alpha value is -3.32. The van der Waals surface area contributed by atoms with E-state index < -0.39 is 0 Å². The molecule has 2 heterocycles. The minimum atomic E-state index is -0.315. The first-order valence-electron chi connectivity index (χ1n) is 9.81. The fourth-order valence-electron chi connectivity index (χ4n) is 3.44. The summed E-state index contributed by atoms with van der Waals surface area (Å²) in [5.41, 5.74) is 3.46. The summed E-state index contributed by atoms with van der Waals surface area (Å²) in [6, 6.07) is 12.6. The van der Waals surface area contributed by atoms with Gasteiger partial charge < -0.3 is 5.32 Å². The number of benzene rings is 2. The van der Waals surface area contributed by atoms with Crippen LogP contribution in [0.15, 0.2) is 67.0 Å². The van der Waals surface area contributed by atoms with Crippen LogP contribution < -0.4 is 5.32 Å². The number of hydrogen-bond acceptors (Lipinski definition) is 3. The Morgan fingerprint density at radius 2 is 1.90 bits per heavy atom. The molecule has 0 radical (unpaired) electrons. The molecule has 0 saturated carbocycles. The van der Waals surface area contributed by atoms with E-state index in [9.17, 15) is 13.6 Å². The molecule has 0 spiro atoms. The van der Waals surface area contributed by atoms with E-state index in [1.807, 2.05) is 11.1 Å². The Bertz CT molecular complexity index is 1060. The van der Waals surface area contributed by atoms with Gasteiger partial charge in [-0.05, 0) is 42.3 Å². The van der Waals surface area contributed by atoms with Gasteiger partial charge in [-0.1, -0.05) is 24.3 Å². The van der Waals surface area contributed by atoms with Crippen molar-refractivity contribution in [3.05, 3.63) is 89.8 Å². The van der Waals surface area contributed by atoms with Gasteiger partial charge in [0.15, 0.2) is 0 Å². The molecular weight excluding hydrogens is 386 g/mol. The van der Waals surface area contributed by atoms with Crippen molar-refractivity contribution in [2.75, 3.05) is 19.6 Å². The largest absolute Gasteiger partial charge is 0.351 e. The number of carbonyl (C=O) groups is 1. The summed E-state index contributed by atoms with van der Waals surface area (Å²) in [4.78, 5) is 14.2. The molecule has 0 unspecified atom stereocenters. The van der Waals surface area contributed by atoms with Gasteiger partial charge in [-0.25, -0.2) is 13.5 Å². The van der Waals surface area contributed by atoms with Gasteiger partial charge in [-0.2, -0.15) is 5.10 Å². The Balaban J connectivity index is 1.30. The average Bonchev–Trinajstić information content (AvgIpc) is 3.24. The van der Waals surface area contributed by atoms with E-state index in [0.717, 1.165) is 24.2 Å². The van der Waals surface area contributed by atoms with Crippen molar-refractivity contribution in [1.29, 1.82) is 0 Å². The summed E-state index contributed by atoms with van der Waals surface area (Å²) in [7, 11) is 0. The number of nitrogens with zero attached hydrogens (tertiary/aromatic N) is 3. The molecule has 2 aromatic carbocycles. The number of amides is 1. The average molecular weight is 408 g/mol. The van der Waals surface area contributed by atoms with Crippen molar-refractivity contribution < 1.29 is 13.6 Å². The van der Waals surface area contributed by atoms with Gasteiger partial charge in [-0.3, -0.25) is 9.69 Å². The number of rotatable bonds is 6. The molecule has 1 amide bonds. The van der Waals surface area contributed by atoms with Crippen molar-refractivity contribution >= 4 is 11.5 Å². The first-order valence-corrected chi connectivity index (χ1v) is 9.81. The lowest BCUT2D eigenvalue weighted by Crippen LogP contribution is -2.39. The topological polar surface area (TPSA) is 50.2 Å². The predicted molar refractivity (Wildman–Crippen MR) is 111 cm³/mol. The number of nitrogens with one attached hydrogen (secondary N) is 1. The fraction of sp³-hybridized carbons (Fsp3) is 0.217. The second-order valence-electron chi connectivity index (χ2n) is 7.23. The maximum Gasteiger partial charge on any atom is 0.234 e. The van der Waals surface area contributed by atoms with Crippen LogP contribution in [0.5, 0.6) is 0 Å². The summed E-state index contributed by atoms with van der Waals surface area (Å²) in [6.07, 6.45) is 6.62. The molecule has 5 nitrogen and oxygen atoms in total. The molecule has 0 bridgehead atoms. The summed E-state index contributed by atoms with van der Waals surface area (Å²) < 4.78 is 28.4. The molecule has 30 heavy (non-hydrogen) atoms. The van der Waals surface area contributed by atoms with Crippen LogP contribution >= 0.6 is 0 Å². The lowest BCUT2D eigenvalue weighted by Gasteiger charge is -2.25. The molecule has 0 atom stereocenters. The van der Waals surface area contributed by atoms with Gasteiger partial charge in [0.2, 0.25) is 5.91 Å². The zero-order valence-corrected chi connectivity index (χ0v) is 16.4. The van der Waals surface area contributed by atoms with Gasteiger partial charge in [-0.15, -0.1) is 0 Å². The second kappa shape index (κ2) is 9.00. The smallest absolute Gasteiger partial charge is 0.234 e. The van der Waals surface area contributed by atoms with Crippen LogP contribution in [-0.2, 0) is 11.3 Å². The van der Waals surface area contributed by atoms with E-state index in [4.69, 9.17) is 0 Å². The standard InChI is InChI=1S/C23H22F2N4O/c24-20-5-7-21(8-6-20)29-15-19(14-27-29)17-9-11-28(12-10-17)16-23(30)26-13-18-3-1-2-4-22(18)25/h1-9,14-15H,10-13,16H2,(H,26,30). The van der Waals surface area contributed by atoms with Crippen LogP contribution in [-0.4, -0.2) is 40.2 Å². The van der Waals surface area contributed by atoms with E-state index in [1.165, 1.54) is 23.8 Å². The lowest BCUT2D eigenvalue weighted by atomic mass is 10.0. The van der Waals surface area contributed by atoms with Crippen LogP contribution in [0.4, 0.5) is 8.78 Å². The van der Waals surface area contributed by atoms with Crippen molar-refractivity contribution in [2.45, 2.75) is 13.0 Å². The quantitative estimate of drug-likeness (QED) is 0.679. The van der Waals surface area contributed by atoms with Crippen LogP contribution in [0.2, 0.25) is 0 Å². The van der Waals surface area contributed by atoms with E-state index in [2.05, 4.69) is 16.5 Å². The monoisotopic (exact) mass is 408 g/mol. The lowest BCUT2D eigenvalue weighted by molar-refractivity contribution is -0.122. The van der Waals surface area contributed by atoms with Gasteiger partial charge in [0, 0.05) is 37.0 Å². The normalized spacial score (nSPS) is 14.4. The molecule has 0 fully saturated rings.